The van der Waals surface area contributed by atoms with Gasteiger partial charge in [-0.25, -0.2) is 4.98 Å². The van der Waals surface area contributed by atoms with E-state index in [1.807, 2.05) is 28.8 Å². The summed E-state index contributed by atoms with van der Waals surface area (Å²) < 4.78 is 7.14. The lowest BCUT2D eigenvalue weighted by molar-refractivity contribution is 0.568. The molecule has 0 saturated heterocycles. The fourth-order valence-corrected chi connectivity index (χ4v) is 2.26. The topological polar surface area (TPSA) is 56.7 Å². The molecule has 0 spiro atoms. The molecule has 6 heteroatoms. The lowest BCUT2D eigenvalue weighted by atomic mass is 10.1. The second-order valence-electron chi connectivity index (χ2n) is 4.02. The van der Waals surface area contributed by atoms with Crippen molar-refractivity contribution in [3.63, 3.8) is 0 Å². The Bertz CT molecular complexity index is 673. The summed E-state index contributed by atoms with van der Waals surface area (Å²) in [4.78, 5) is 4.38. The third-order valence-corrected chi connectivity index (χ3v) is 3.38. The highest BCUT2D eigenvalue weighted by Crippen LogP contribution is 2.27. The zero-order chi connectivity index (χ0) is 13.2. The van der Waals surface area contributed by atoms with Crippen LogP contribution in [0, 0.1) is 0 Å². The molecular weight excluding hydrogens is 260 g/mol. The van der Waals surface area contributed by atoms with E-state index in [-0.39, 0.29) is 0 Å². The van der Waals surface area contributed by atoms with Crippen molar-refractivity contribution in [3.8, 4) is 22.7 Å². The molecule has 5 nitrogen and oxygen atoms in total. The smallest absolute Gasteiger partial charge is 0.247 e. The van der Waals surface area contributed by atoms with Crippen LogP contribution in [0.3, 0.4) is 0 Å². The second kappa shape index (κ2) is 4.89. The normalized spacial score (nSPS) is 10.8. The summed E-state index contributed by atoms with van der Waals surface area (Å²) in [5.41, 5.74) is 2.78. The number of aromatic nitrogens is 4. The predicted octanol–water partition coefficient (Wildman–Crippen LogP) is 2.91. The van der Waals surface area contributed by atoms with E-state index < -0.39 is 0 Å². The fraction of sp³-hybridized carbons (Fsp3) is 0.154. The molecule has 3 rings (SSSR count). The zero-order valence-electron chi connectivity index (χ0n) is 10.3. The number of aryl methyl sites for hydroxylation is 1. The van der Waals surface area contributed by atoms with Crippen molar-refractivity contribution >= 4 is 12.6 Å². The molecule has 19 heavy (non-hydrogen) atoms. The molecule has 0 unspecified atom stereocenters. The number of imidazole rings is 1. The summed E-state index contributed by atoms with van der Waals surface area (Å²) >= 11 is 4.50. The molecule has 0 amide bonds. The molecule has 2 heterocycles. The van der Waals surface area contributed by atoms with Gasteiger partial charge in [-0.15, -0.1) is 22.8 Å². The van der Waals surface area contributed by atoms with Crippen LogP contribution in [-0.4, -0.2) is 19.7 Å². The number of rotatable bonds is 3. The SMILES string of the molecule is CCn1cnc(-c2ccc(-c3nnco3)cc2)c1S. The minimum Gasteiger partial charge on any atom is -0.423 e. The zero-order valence-corrected chi connectivity index (χ0v) is 11.2. The molecule has 2 aromatic heterocycles. The van der Waals surface area contributed by atoms with Gasteiger partial charge < -0.3 is 8.98 Å². The first kappa shape index (κ1) is 12.0. The van der Waals surface area contributed by atoms with Crippen LogP contribution < -0.4 is 0 Å². The van der Waals surface area contributed by atoms with E-state index in [1.54, 1.807) is 6.33 Å². The van der Waals surface area contributed by atoms with Crippen LogP contribution in [-0.2, 0) is 6.54 Å². The highest BCUT2D eigenvalue weighted by molar-refractivity contribution is 7.80. The maximum atomic E-state index is 5.15. The summed E-state index contributed by atoms with van der Waals surface area (Å²) in [6.45, 7) is 2.91. The van der Waals surface area contributed by atoms with Gasteiger partial charge in [0.1, 0.15) is 5.69 Å². The van der Waals surface area contributed by atoms with Gasteiger partial charge in [0, 0.05) is 17.7 Å². The van der Waals surface area contributed by atoms with Gasteiger partial charge in [0.25, 0.3) is 0 Å². The average molecular weight is 272 g/mol. The quantitative estimate of drug-likeness (QED) is 0.745. The highest BCUT2D eigenvalue weighted by Gasteiger charge is 2.10. The van der Waals surface area contributed by atoms with E-state index in [4.69, 9.17) is 4.42 Å². The van der Waals surface area contributed by atoms with Crippen LogP contribution in [0.25, 0.3) is 22.7 Å². The number of benzene rings is 1. The number of hydrogen-bond acceptors (Lipinski definition) is 5. The number of hydrogen-bond donors (Lipinski definition) is 1. The summed E-state index contributed by atoms with van der Waals surface area (Å²) in [7, 11) is 0. The lowest BCUT2D eigenvalue weighted by Gasteiger charge is -2.02. The Morgan fingerprint density at radius 2 is 1.95 bits per heavy atom. The molecule has 0 fully saturated rings. The molecule has 0 bridgehead atoms. The maximum Gasteiger partial charge on any atom is 0.247 e. The first-order chi connectivity index (χ1) is 9.29. The molecule has 0 aliphatic heterocycles. The molecule has 0 N–H and O–H groups in total. The Morgan fingerprint density at radius 1 is 1.21 bits per heavy atom. The summed E-state index contributed by atoms with van der Waals surface area (Å²) in [5, 5.41) is 8.40. The van der Waals surface area contributed by atoms with Gasteiger partial charge in [0.05, 0.1) is 11.4 Å². The van der Waals surface area contributed by atoms with Crippen LogP contribution in [0.2, 0.25) is 0 Å². The molecule has 0 aliphatic rings. The van der Waals surface area contributed by atoms with Crippen LogP contribution in [0.1, 0.15) is 6.92 Å². The van der Waals surface area contributed by atoms with E-state index in [2.05, 4.69) is 34.7 Å². The number of thiol groups is 1. The van der Waals surface area contributed by atoms with Gasteiger partial charge in [-0.3, -0.25) is 0 Å². The van der Waals surface area contributed by atoms with Gasteiger partial charge in [-0.2, -0.15) is 0 Å². The molecule has 1 aromatic carbocycles. The van der Waals surface area contributed by atoms with Crippen molar-refractivity contribution in [1.82, 2.24) is 19.7 Å². The van der Waals surface area contributed by atoms with Crippen LogP contribution in [0.15, 0.2) is 46.4 Å². The summed E-state index contributed by atoms with van der Waals surface area (Å²) in [6.07, 6.45) is 3.11. The standard InChI is InChI=1S/C13H12N4OS/c1-2-17-7-14-11(13(17)19)9-3-5-10(6-4-9)12-16-15-8-18-12/h3-8,19H,2H2,1H3. The summed E-state index contributed by atoms with van der Waals surface area (Å²) in [5.74, 6) is 0.511. The van der Waals surface area contributed by atoms with Crippen LogP contribution in [0.5, 0.6) is 0 Å². The van der Waals surface area contributed by atoms with Crippen molar-refractivity contribution in [2.45, 2.75) is 18.5 Å². The monoisotopic (exact) mass is 272 g/mol. The Kier molecular flexibility index (Phi) is 3.08. The van der Waals surface area contributed by atoms with Crippen molar-refractivity contribution in [3.05, 3.63) is 37.0 Å². The highest BCUT2D eigenvalue weighted by atomic mass is 32.1. The average Bonchev–Trinajstić information content (AvgIpc) is 3.08. The van der Waals surface area contributed by atoms with E-state index in [0.717, 1.165) is 28.4 Å². The maximum absolute atomic E-state index is 5.15. The third-order valence-electron chi connectivity index (χ3n) is 2.92. The van der Waals surface area contributed by atoms with E-state index >= 15 is 0 Å². The largest absolute Gasteiger partial charge is 0.423 e. The van der Waals surface area contributed by atoms with Crippen LogP contribution in [0.4, 0.5) is 0 Å². The van der Waals surface area contributed by atoms with Crippen LogP contribution >= 0.6 is 12.6 Å². The number of nitrogens with zero attached hydrogens (tertiary/aromatic N) is 4. The van der Waals surface area contributed by atoms with Gasteiger partial charge in [-0.1, -0.05) is 12.1 Å². The third kappa shape index (κ3) is 2.15. The summed E-state index contributed by atoms with van der Waals surface area (Å²) in [6, 6.07) is 7.81. The minimum absolute atomic E-state index is 0.511. The van der Waals surface area contributed by atoms with Gasteiger partial charge in [-0.05, 0) is 19.1 Å². The fourth-order valence-electron chi connectivity index (χ4n) is 1.88. The van der Waals surface area contributed by atoms with Gasteiger partial charge >= 0.3 is 0 Å². The Morgan fingerprint density at radius 3 is 2.53 bits per heavy atom. The van der Waals surface area contributed by atoms with E-state index in [9.17, 15) is 0 Å². The van der Waals surface area contributed by atoms with E-state index in [1.165, 1.54) is 6.39 Å². The molecule has 96 valence electrons. The minimum atomic E-state index is 0.511. The Hall–Kier alpha value is -2.08. The lowest BCUT2D eigenvalue weighted by Crippen LogP contribution is -1.91. The Labute approximate surface area is 115 Å². The predicted molar refractivity (Wildman–Crippen MR) is 73.9 cm³/mol. The molecule has 0 aliphatic carbocycles. The Balaban J connectivity index is 1.96. The van der Waals surface area contributed by atoms with Crippen molar-refractivity contribution in [1.29, 1.82) is 0 Å². The molecule has 0 saturated carbocycles. The van der Waals surface area contributed by atoms with Crippen molar-refractivity contribution < 1.29 is 4.42 Å². The second-order valence-corrected chi connectivity index (χ2v) is 4.45. The van der Waals surface area contributed by atoms with Crippen molar-refractivity contribution in [2.75, 3.05) is 0 Å². The first-order valence-electron chi connectivity index (χ1n) is 5.90. The molecule has 3 aromatic rings. The van der Waals surface area contributed by atoms with Crippen molar-refractivity contribution in [2.24, 2.45) is 0 Å². The van der Waals surface area contributed by atoms with Gasteiger partial charge in [0.2, 0.25) is 12.3 Å². The first-order valence-corrected chi connectivity index (χ1v) is 6.35. The molecular formula is C13H12N4OS. The van der Waals surface area contributed by atoms with E-state index in [0.29, 0.717) is 5.89 Å². The van der Waals surface area contributed by atoms with Gasteiger partial charge in [0.15, 0.2) is 0 Å². The molecule has 0 radical (unpaired) electrons. The molecule has 0 atom stereocenters.